The first-order valence-electron chi connectivity index (χ1n) is 8.97. The van der Waals surface area contributed by atoms with Crippen LogP contribution < -0.4 is 15.0 Å². The molecule has 29 heavy (non-hydrogen) atoms. The van der Waals surface area contributed by atoms with Gasteiger partial charge in [-0.15, -0.1) is 10.2 Å². The van der Waals surface area contributed by atoms with Gasteiger partial charge < -0.3 is 4.74 Å². The molecule has 9 heteroatoms. The highest BCUT2D eigenvalue weighted by Crippen LogP contribution is 2.33. The lowest BCUT2D eigenvalue weighted by atomic mass is 10.2. The van der Waals surface area contributed by atoms with Crippen molar-refractivity contribution < 1.29 is 14.3 Å². The molecule has 0 saturated carbocycles. The normalized spacial score (nSPS) is 15.6. The van der Waals surface area contributed by atoms with Gasteiger partial charge in [-0.1, -0.05) is 65.6 Å². The quantitative estimate of drug-likeness (QED) is 0.479. The fraction of sp³-hybridized carbons (Fsp3) is 0.200. The number of carbonyl (C=O) groups is 2. The molecule has 2 heterocycles. The molecule has 1 aliphatic rings. The summed E-state index contributed by atoms with van der Waals surface area (Å²) in [6.07, 6.45) is -0.639. The fourth-order valence-electron chi connectivity index (χ4n) is 2.86. The molecule has 4 rings (SSSR count). The molecular formula is C20H18N4O3S2. The maximum Gasteiger partial charge on any atom is 0.268 e. The van der Waals surface area contributed by atoms with E-state index >= 15 is 0 Å². The van der Waals surface area contributed by atoms with E-state index in [0.29, 0.717) is 16.6 Å². The first-order valence-corrected chi connectivity index (χ1v) is 10.8. The lowest BCUT2D eigenvalue weighted by molar-refractivity contribution is -0.127. The Balaban J connectivity index is 1.38. The second-order valence-electron chi connectivity index (χ2n) is 6.35. The number of hydrogen-bond donors (Lipinski definition) is 1. The Hall–Kier alpha value is -2.91. The zero-order chi connectivity index (χ0) is 20.2. The molecule has 2 amide bonds. The first-order chi connectivity index (χ1) is 14.1. The molecule has 148 valence electrons. The minimum atomic E-state index is -0.639. The van der Waals surface area contributed by atoms with Gasteiger partial charge in [0.2, 0.25) is 11.0 Å². The van der Waals surface area contributed by atoms with Crippen molar-refractivity contribution in [2.24, 2.45) is 0 Å². The van der Waals surface area contributed by atoms with Crippen LogP contribution in [0.5, 0.6) is 5.75 Å². The molecule has 0 aliphatic carbocycles. The number of carbonyl (C=O) groups excluding carboxylic acids is 2. The number of ether oxygens (including phenoxy) is 1. The van der Waals surface area contributed by atoms with Crippen LogP contribution in [0.4, 0.5) is 10.8 Å². The van der Waals surface area contributed by atoms with Crippen LogP contribution in [0.3, 0.4) is 0 Å². The van der Waals surface area contributed by atoms with Crippen molar-refractivity contribution in [3.63, 3.8) is 0 Å². The van der Waals surface area contributed by atoms with Crippen molar-refractivity contribution in [3.05, 3.63) is 60.2 Å². The van der Waals surface area contributed by atoms with Gasteiger partial charge in [0.05, 0.1) is 5.69 Å². The average Bonchev–Trinajstić information content (AvgIpc) is 3.18. The maximum absolute atomic E-state index is 12.5. The SMILES string of the molecule is CC1Oc2ccccc2N(CC(=O)Nc2nnc(SCc3ccccc3)s2)C1=O. The number of para-hydroxylation sites is 2. The van der Waals surface area contributed by atoms with Crippen LogP contribution in [-0.4, -0.2) is 34.7 Å². The number of benzene rings is 2. The summed E-state index contributed by atoms with van der Waals surface area (Å²) in [6, 6.07) is 17.2. The molecular weight excluding hydrogens is 408 g/mol. The Morgan fingerprint density at radius 3 is 2.76 bits per heavy atom. The molecule has 1 aromatic heterocycles. The Morgan fingerprint density at radius 1 is 1.17 bits per heavy atom. The van der Waals surface area contributed by atoms with Crippen LogP contribution in [0.2, 0.25) is 0 Å². The van der Waals surface area contributed by atoms with Crippen molar-refractivity contribution in [1.29, 1.82) is 0 Å². The van der Waals surface area contributed by atoms with Crippen LogP contribution >= 0.6 is 23.1 Å². The molecule has 7 nitrogen and oxygen atoms in total. The van der Waals surface area contributed by atoms with E-state index in [1.807, 2.05) is 24.3 Å². The molecule has 1 unspecified atom stereocenters. The van der Waals surface area contributed by atoms with E-state index in [-0.39, 0.29) is 18.4 Å². The Kier molecular flexibility index (Phi) is 5.77. The number of thioether (sulfide) groups is 1. The zero-order valence-corrected chi connectivity index (χ0v) is 17.2. The minimum absolute atomic E-state index is 0.115. The van der Waals surface area contributed by atoms with Crippen LogP contribution in [-0.2, 0) is 15.3 Å². The highest BCUT2D eigenvalue weighted by Gasteiger charge is 2.32. The Labute approximate surface area is 176 Å². The van der Waals surface area contributed by atoms with Gasteiger partial charge in [0.1, 0.15) is 12.3 Å². The minimum Gasteiger partial charge on any atom is -0.479 e. The zero-order valence-electron chi connectivity index (χ0n) is 15.6. The number of fused-ring (bicyclic) bond motifs is 1. The van der Waals surface area contributed by atoms with E-state index in [1.54, 1.807) is 36.9 Å². The summed E-state index contributed by atoms with van der Waals surface area (Å²) in [5, 5.41) is 11.3. The van der Waals surface area contributed by atoms with E-state index in [2.05, 4.69) is 27.6 Å². The third kappa shape index (κ3) is 4.57. The third-order valence-electron chi connectivity index (χ3n) is 4.23. The van der Waals surface area contributed by atoms with Crippen molar-refractivity contribution in [2.75, 3.05) is 16.8 Å². The van der Waals surface area contributed by atoms with E-state index in [9.17, 15) is 9.59 Å². The van der Waals surface area contributed by atoms with E-state index < -0.39 is 6.10 Å². The number of amides is 2. The number of nitrogens with one attached hydrogen (secondary N) is 1. The van der Waals surface area contributed by atoms with E-state index in [4.69, 9.17) is 4.74 Å². The summed E-state index contributed by atoms with van der Waals surface area (Å²) < 4.78 is 6.36. The second-order valence-corrected chi connectivity index (χ2v) is 8.55. The van der Waals surface area contributed by atoms with E-state index in [0.717, 1.165) is 10.1 Å². The predicted octanol–water partition coefficient (Wildman–Crippen LogP) is 3.58. The summed E-state index contributed by atoms with van der Waals surface area (Å²) in [6.45, 7) is 1.56. The number of rotatable bonds is 6. The molecule has 2 aromatic carbocycles. The van der Waals surface area contributed by atoms with Gasteiger partial charge in [-0.25, -0.2) is 0 Å². The summed E-state index contributed by atoms with van der Waals surface area (Å²) in [4.78, 5) is 26.4. The van der Waals surface area contributed by atoms with E-state index in [1.165, 1.54) is 21.8 Å². The molecule has 1 N–H and O–H groups in total. The van der Waals surface area contributed by atoms with Gasteiger partial charge >= 0.3 is 0 Å². The van der Waals surface area contributed by atoms with Gasteiger partial charge in [0, 0.05) is 5.75 Å². The van der Waals surface area contributed by atoms with Gasteiger partial charge in [-0.05, 0) is 24.6 Å². The highest BCUT2D eigenvalue weighted by molar-refractivity contribution is 8.00. The van der Waals surface area contributed by atoms with Crippen molar-refractivity contribution in [2.45, 2.75) is 23.1 Å². The predicted molar refractivity (Wildman–Crippen MR) is 113 cm³/mol. The lowest BCUT2D eigenvalue weighted by Gasteiger charge is -2.32. The third-order valence-corrected chi connectivity index (χ3v) is 6.28. The maximum atomic E-state index is 12.5. The second kappa shape index (κ2) is 8.62. The van der Waals surface area contributed by atoms with Crippen molar-refractivity contribution in [3.8, 4) is 5.75 Å². The largest absolute Gasteiger partial charge is 0.479 e. The fourth-order valence-corrected chi connectivity index (χ4v) is 4.59. The number of aromatic nitrogens is 2. The monoisotopic (exact) mass is 426 g/mol. The van der Waals surface area contributed by atoms with Gasteiger partial charge in [-0.2, -0.15) is 0 Å². The molecule has 0 saturated heterocycles. The standard InChI is InChI=1S/C20H18N4O3S2/c1-13-18(26)24(15-9-5-6-10-16(15)27-13)11-17(25)21-19-22-23-20(29-19)28-12-14-7-3-2-4-8-14/h2-10,13H,11-12H2,1H3,(H,21,22,25). The number of anilines is 2. The Bertz CT molecular complexity index is 1030. The van der Waals surface area contributed by atoms with Crippen LogP contribution in [0.1, 0.15) is 12.5 Å². The molecule has 0 spiro atoms. The number of hydrogen-bond acceptors (Lipinski definition) is 7. The van der Waals surface area contributed by atoms with Gasteiger partial charge in [0.25, 0.3) is 5.91 Å². The highest BCUT2D eigenvalue weighted by atomic mass is 32.2. The topological polar surface area (TPSA) is 84.4 Å². The summed E-state index contributed by atoms with van der Waals surface area (Å²) in [7, 11) is 0. The van der Waals surface area contributed by atoms with Crippen LogP contribution in [0.25, 0.3) is 0 Å². The summed E-state index contributed by atoms with van der Waals surface area (Å²) >= 11 is 2.87. The molecule has 1 atom stereocenters. The average molecular weight is 427 g/mol. The molecule has 1 aliphatic heterocycles. The van der Waals surface area contributed by atoms with Crippen LogP contribution in [0, 0.1) is 0 Å². The lowest BCUT2D eigenvalue weighted by Crippen LogP contribution is -2.47. The van der Waals surface area contributed by atoms with Crippen LogP contribution in [0.15, 0.2) is 58.9 Å². The smallest absolute Gasteiger partial charge is 0.268 e. The molecule has 0 fully saturated rings. The molecule has 3 aromatic rings. The van der Waals surface area contributed by atoms with Crippen molar-refractivity contribution >= 4 is 45.7 Å². The molecule has 0 radical (unpaired) electrons. The summed E-state index contributed by atoms with van der Waals surface area (Å²) in [5.74, 6) is 0.775. The van der Waals surface area contributed by atoms with Gasteiger partial charge in [0.15, 0.2) is 10.4 Å². The van der Waals surface area contributed by atoms with Crippen molar-refractivity contribution in [1.82, 2.24) is 10.2 Å². The first kappa shape index (κ1) is 19.4. The summed E-state index contributed by atoms with van der Waals surface area (Å²) in [5.41, 5.74) is 1.78. The number of nitrogens with zero attached hydrogens (tertiary/aromatic N) is 3. The van der Waals surface area contributed by atoms with Gasteiger partial charge in [-0.3, -0.25) is 19.8 Å². The Morgan fingerprint density at radius 2 is 1.93 bits per heavy atom. The molecule has 0 bridgehead atoms.